The van der Waals surface area contributed by atoms with Gasteiger partial charge in [-0.2, -0.15) is 0 Å². The molecule has 0 saturated heterocycles. The highest BCUT2D eigenvalue weighted by Crippen LogP contribution is 2.19. The van der Waals surface area contributed by atoms with Crippen LogP contribution in [-0.2, 0) is 13.0 Å². The average Bonchev–Trinajstić information content (AvgIpc) is 2.22. The van der Waals surface area contributed by atoms with Crippen molar-refractivity contribution in [3.63, 3.8) is 0 Å². The maximum Gasteiger partial charge on any atom is 0.164 e. The second-order valence-corrected chi connectivity index (χ2v) is 3.82. The van der Waals surface area contributed by atoms with Crippen LogP contribution >= 0.6 is 0 Å². The number of phenols is 1. The van der Waals surface area contributed by atoms with Crippen LogP contribution in [0.25, 0.3) is 0 Å². The van der Waals surface area contributed by atoms with Gasteiger partial charge in [0.15, 0.2) is 6.29 Å². The molecule has 0 fully saturated rings. The number of aryl methyl sites for hydroxylation is 1. The number of aliphatic hydroxyl groups excluding tert-OH is 1. The molecule has 0 aliphatic carbocycles. The Morgan fingerprint density at radius 2 is 2.06 bits per heavy atom. The van der Waals surface area contributed by atoms with Gasteiger partial charge in [-0.15, -0.1) is 0 Å². The topological polar surface area (TPSA) is 72.7 Å². The SMILES string of the molecule is CCCc1ccc(O)c(CNCC(O)O)c1. The standard InChI is InChI=1S/C12H19NO3/c1-2-3-9-4-5-11(14)10(6-9)7-13-8-12(15)16/h4-6,12-16H,2-3,7-8H2,1H3. The zero-order valence-corrected chi connectivity index (χ0v) is 9.48. The molecule has 0 amide bonds. The van der Waals surface area contributed by atoms with Crippen molar-refractivity contribution < 1.29 is 15.3 Å². The summed E-state index contributed by atoms with van der Waals surface area (Å²) < 4.78 is 0. The van der Waals surface area contributed by atoms with Gasteiger partial charge in [0.05, 0.1) is 0 Å². The van der Waals surface area contributed by atoms with Gasteiger partial charge >= 0.3 is 0 Å². The Kier molecular flexibility index (Phi) is 5.25. The van der Waals surface area contributed by atoms with Crippen molar-refractivity contribution in [1.29, 1.82) is 0 Å². The van der Waals surface area contributed by atoms with Crippen molar-refractivity contribution >= 4 is 0 Å². The zero-order chi connectivity index (χ0) is 12.0. The molecule has 0 atom stereocenters. The van der Waals surface area contributed by atoms with Crippen LogP contribution in [0.15, 0.2) is 18.2 Å². The first-order valence-corrected chi connectivity index (χ1v) is 5.51. The molecule has 0 aromatic heterocycles. The number of nitrogens with one attached hydrogen (secondary N) is 1. The Balaban J connectivity index is 2.59. The summed E-state index contributed by atoms with van der Waals surface area (Å²) in [5.74, 6) is 0.236. The second kappa shape index (κ2) is 6.48. The maximum absolute atomic E-state index is 9.60. The minimum atomic E-state index is -1.36. The summed E-state index contributed by atoms with van der Waals surface area (Å²) in [6, 6.07) is 5.52. The van der Waals surface area contributed by atoms with Gasteiger partial charge in [-0.1, -0.05) is 25.5 Å². The molecular weight excluding hydrogens is 206 g/mol. The molecule has 1 rings (SSSR count). The van der Waals surface area contributed by atoms with E-state index in [1.54, 1.807) is 6.07 Å². The molecule has 0 spiro atoms. The highest BCUT2D eigenvalue weighted by atomic mass is 16.5. The third kappa shape index (κ3) is 4.18. The van der Waals surface area contributed by atoms with E-state index < -0.39 is 6.29 Å². The lowest BCUT2D eigenvalue weighted by Gasteiger charge is -2.09. The first kappa shape index (κ1) is 13.0. The summed E-state index contributed by atoms with van der Waals surface area (Å²) in [5, 5.41) is 29.8. The Labute approximate surface area is 95.6 Å². The molecule has 0 heterocycles. The van der Waals surface area contributed by atoms with E-state index in [9.17, 15) is 5.11 Å². The first-order valence-electron chi connectivity index (χ1n) is 5.51. The van der Waals surface area contributed by atoms with Crippen LogP contribution in [0.4, 0.5) is 0 Å². The van der Waals surface area contributed by atoms with Gasteiger partial charge in [-0.25, -0.2) is 0 Å². The molecule has 4 N–H and O–H groups in total. The molecule has 0 aliphatic rings. The first-order chi connectivity index (χ1) is 7.63. The molecule has 0 aliphatic heterocycles. The van der Waals surface area contributed by atoms with Crippen LogP contribution in [0.2, 0.25) is 0 Å². The highest BCUT2D eigenvalue weighted by Gasteiger charge is 2.03. The van der Waals surface area contributed by atoms with Gasteiger partial charge in [-0.05, 0) is 18.1 Å². The Morgan fingerprint density at radius 1 is 1.31 bits per heavy atom. The van der Waals surface area contributed by atoms with Crippen LogP contribution in [-0.4, -0.2) is 28.2 Å². The van der Waals surface area contributed by atoms with Gasteiger partial charge in [0.25, 0.3) is 0 Å². The predicted molar refractivity (Wildman–Crippen MR) is 62.0 cm³/mol. The number of hydrogen-bond acceptors (Lipinski definition) is 4. The van der Waals surface area contributed by atoms with E-state index in [1.165, 1.54) is 5.56 Å². The quantitative estimate of drug-likeness (QED) is 0.539. The number of benzene rings is 1. The number of aromatic hydroxyl groups is 1. The second-order valence-electron chi connectivity index (χ2n) is 3.82. The summed E-state index contributed by atoms with van der Waals surface area (Å²) >= 11 is 0. The molecule has 1 aromatic rings. The summed E-state index contributed by atoms with van der Waals surface area (Å²) in [4.78, 5) is 0. The fourth-order valence-corrected chi connectivity index (χ4v) is 1.56. The van der Waals surface area contributed by atoms with Gasteiger partial charge in [0.2, 0.25) is 0 Å². The maximum atomic E-state index is 9.60. The molecule has 90 valence electrons. The molecule has 0 saturated carbocycles. The van der Waals surface area contributed by atoms with E-state index in [0.29, 0.717) is 6.54 Å². The summed E-state index contributed by atoms with van der Waals surface area (Å²) in [5.41, 5.74) is 1.97. The molecule has 4 nitrogen and oxygen atoms in total. The predicted octanol–water partition coefficient (Wildman–Crippen LogP) is 0.745. The minimum absolute atomic E-state index is 0.0947. The van der Waals surface area contributed by atoms with Gasteiger partial charge in [0, 0.05) is 18.7 Å². The van der Waals surface area contributed by atoms with Crippen molar-refractivity contribution in [3.05, 3.63) is 29.3 Å². The van der Waals surface area contributed by atoms with Crippen molar-refractivity contribution in [1.82, 2.24) is 5.32 Å². The monoisotopic (exact) mass is 225 g/mol. The van der Waals surface area contributed by atoms with Gasteiger partial charge in [-0.3, -0.25) is 0 Å². The Hall–Kier alpha value is -1.10. The van der Waals surface area contributed by atoms with E-state index >= 15 is 0 Å². The summed E-state index contributed by atoms with van der Waals surface area (Å²) in [7, 11) is 0. The van der Waals surface area contributed by atoms with Crippen molar-refractivity contribution in [2.24, 2.45) is 0 Å². The number of phenolic OH excluding ortho intramolecular Hbond substituents is 1. The lowest BCUT2D eigenvalue weighted by molar-refractivity contribution is -0.0374. The van der Waals surface area contributed by atoms with Gasteiger partial charge < -0.3 is 20.6 Å². The third-order valence-electron chi connectivity index (χ3n) is 2.32. The summed E-state index contributed by atoms with van der Waals surface area (Å²) in [6.45, 7) is 2.63. The van der Waals surface area contributed by atoms with Crippen LogP contribution in [0.5, 0.6) is 5.75 Å². The Morgan fingerprint density at radius 3 is 2.69 bits per heavy atom. The van der Waals surface area contributed by atoms with E-state index in [4.69, 9.17) is 10.2 Å². The molecule has 0 radical (unpaired) electrons. The van der Waals surface area contributed by atoms with E-state index in [1.807, 2.05) is 12.1 Å². The molecule has 0 unspecified atom stereocenters. The van der Waals surface area contributed by atoms with Crippen molar-refractivity contribution in [3.8, 4) is 5.75 Å². The van der Waals surface area contributed by atoms with E-state index in [2.05, 4.69) is 12.2 Å². The fraction of sp³-hybridized carbons (Fsp3) is 0.500. The normalized spacial score (nSPS) is 11.0. The minimum Gasteiger partial charge on any atom is -0.508 e. The van der Waals surface area contributed by atoms with Crippen LogP contribution in [0.1, 0.15) is 24.5 Å². The van der Waals surface area contributed by atoms with Crippen molar-refractivity contribution in [2.45, 2.75) is 32.6 Å². The molecule has 16 heavy (non-hydrogen) atoms. The number of hydrogen-bond donors (Lipinski definition) is 4. The molecule has 1 aromatic carbocycles. The molecular formula is C12H19NO3. The van der Waals surface area contributed by atoms with Crippen LogP contribution < -0.4 is 5.32 Å². The van der Waals surface area contributed by atoms with Crippen LogP contribution in [0, 0.1) is 0 Å². The molecule has 4 heteroatoms. The summed E-state index contributed by atoms with van der Waals surface area (Å²) in [6.07, 6.45) is 0.684. The molecule has 0 bridgehead atoms. The highest BCUT2D eigenvalue weighted by molar-refractivity contribution is 5.36. The van der Waals surface area contributed by atoms with E-state index in [0.717, 1.165) is 18.4 Å². The average molecular weight is 225 g/mol. The zero-order valence-electron chi connectivity index (χ0n) is 9.48. The lowest BCUT2D eigenvalue weighted by atomic mass is 10.1. The smallest absolute Gasteiger partial charge is 0.164 e. The van der Waals surface area contributed by atoms with Crippen molar-refractivity contribution in [2.75, 3.05) is 6.54 Å². The third-order valence-corrected chi connectivity index (χ3v) is 2.32. The largest absolute Gasteiger partial charge is 0.508 e. The van der Waals surface area contributed by atoms with E-state index in [-0.39, 0.29) is 12.3 Å². The number of rotatable bonds is 6. The van der Waals surface area contributed by atoms with Gasteiger partial charge in [0.1, 0.15) is 5.75 Å². The Bertz CT molecular complexity index is 326. The fourth-order valence-electron chi connectivity index (χ4n) is 1.56. The van der Waals surface area contributed by atoms with Crippen LogP contribution in [0.3, 0.4) is 0 Å². The number of aliphatic hydroxyl groups is 2. The lowest BCUT2D eigenvalue weighted by Crippen LogP contribution is -2.25.